The summed E-state index contributed by atoms with van der Waals surface area (Å²) in [5.41, 5.74) is 10.2. The van der Waals surface area contributed by atoms with Crippen molar-refractivity contribution in [2.75, 3.05) is 5.73 Å². The Kier molecular flexibility index (Phi) is 3.87. The van der Waals surface area contributed by atoms with E-state index in [-0.39, 0.29) is 17.7 Å². The number of benzene rings is 1. The van der Waals surface area contributed by atoms with Gasteiger partial charge < -0.3 is 10.9 Å². The molecular formula is C18H17FN6O. The van der Waals surface area contributed by atoms with Gasteiger partial charge in [0.1, 0.15) is 5.82 Å². The minimum Gasteiger partial charge on any atom is -0.411 e. The van der Waals surface area contributed by atoms with Crippen LogP contribution in [0.3, 0.4) is 0 Å². The monoisotopic (exact) mass is 352 g/mol. The lowest BCUT2D eigenvalue weighted by molar-refractivity contribution is 0.316. The number of halogens is 1. The Labute approximate surface area is 149 Å². The lowest BCUT2D eigenvalue weighted by Crippen LogP contribution is -2.22. The average Bonchev–Trinajstić information content (AvgIpc) is 3.06. The van der Waals surface area contributed by atoms with Crippen LogP contribution >= 0.6 is 0 Å². The third-order valence-corrected chi connectivity index (χ3v) is 4.67. The average molecular weight is 352 g/mol. The van der Waals surface area contributed by atoms with Crippen molar-refractivity contribution in [1.82, 2.24) is 19.7 Å². The van der Waals surface area contributed by atoms with Crippen LogP contribution in [-0.4, -0.2) is 30.7 Å². The van der Waals surface area contributed by atoms with E-state index in [1.54, 1.807) is 23.1 Å². The highest BCUT2D eigenvalue weighted by atomic mass is 19.1. The van der Waals surface area contributed by atoms with Crippen LogP contribution in [0, 0.1) is 5.82 Å². The second-order valence-electron chi connectivity index (χ2n) is 6.37. The van der Waals surface area contributed by atoms with Crippen LogP contribution in [0.15, 0.2) is 41.9 Å². The van der Waals surface area contributed by atoms with Gasteiger partial charge in [0.25, 0.3) is 0 Å². The Morgan fingerprint density at radius 1 is 1.27 bits per heavy atom. The maximum Gasteiger partial charge on any atom is 0.220 e. The van der Waals surface area contributed by atoms with E-state index in [1.165, 1.54) is 12.1 Å². The summed E-state index contributed by atoms with van der Waals surface area (Å²) in [5, 5.41) is 17.0. The molecule has 0 saturated carbocycles. The van der Waals surface area contributed by atoms with E-state index in [1.807, 2.05) is 13.2 Å². The van der Waals surface area contributed by atoms with Crippen LogP contribution in [0.2, 0.25) is 0 Å². The van der Waals surface area contributed by atoms with E-state index >= 15 is 0 Å². The zero-order chi connectivity index (χ0) is 18.3. The van der Waals surface area contributed by atoms with Gasteiger partial charge in [-0.05, 0) is 35.6 Å². The molecule has 7 nitrogen and oxygen atoms in total. The van der Waals surface area contributed by atoms with Gasteiger partial charge in [-0.15, -0.1) is 0 Å². The third-order valence-electron chi connectivity index (χ3n) is 4.67. The Hall–Kier alpha value is -3.29. The van der Waals surface area contributed by atoms with Crippen LogP contribution in [0.5, 0.6) is 0 Å². The Morgan fingerprint density at radius 3 is 2.85 bits per heavy atom. The van der Waals surface area contributed by atoms with Gasteiger partial charge >= 0.3 is 0 Å². The molecule has 26 heavy (non-hydrogen) atoms. The molecule has 0 bridgehead atoms. The van der Waals surface area contributed by atoms with Crippen LogP contribution in [0.1, 0.15) is 29.2 Å². The van der Waals surface area contributed by atoms with Crippen LogP contribution in [-0.2, 0) is 13.5 Å². The van der Waals surface area contributed by atoms with Gasteiger partial charge in [-0.1, -0.05) is 11.2 Å². The summed E-state index contributed by atoms with van der Waals surface area (Å²) in [4.78, 5) is 8.28. The molecule has 0 amide bonds. The third kappa shape index (κ3) is 2.79. The van der Waals surface area contributed by atoms with Crippen molar-refractivity contribution in [2.45, 2.75) is 18.8 Å². The quantitative estimate of drug-likeness (QED) is 0.545. The second kappa shape index (κ2) is 6.21. The zero-order valence-electron chi connectivity index (χ0n) is 14.1. The molecule has 1 atom stereocenters. The van der Waals surface area contributed by atoms with Gasteiger partial charge in [0, 0.05) is 37.0 Å². The number of aromatic nitrogens is 4. The lowest BCUT2D eigenvalue weighted by Gasteiger charge is -2.26. The molecule has 4 rings (SSSR count). The minimum atomic E-state index is -0.313. The maximum atomic E-state index is 13.9. The molecule has 1 aromatic carbocycles. The molecule has 0 aliphatic heterocycles. The van der Waals surface area contributed by atoms with Gasteiger partial charge in [-0.3, -0.25) is 4.68 Å². The van der Waals surface area contributed by atoms with Crippen molar-refractivity contribution >= 4 is 11.7 Å². The normalized spacial score (nSPS) is 18.1. The Morgan fingerprint density at radius 2 is 2.12 bits per heavy atom. The topological polar surface area (TPSA) is 102 Å². The van der Waals surface area contributed by atoms with Crippen molar-refractivity contribution in [3.63, 3.8) is 0 Å². The molecule has 2 aromatic heterocycles. The second-order valence-corrected chi connectivity index (χ2v) is 6.37. The molecule has 0 fully saturated rings. The highest BCUT2D eigenvalue weighted by Gasteiger charge is 2.29. The molecule has 1 unspecified atom stereocenters. The van der Waals surface area contributed by atoms with Gasteiger partial charge in [-0.2, -0.15) is 5.10 Å². The number of oxime groups is 1. The number of nitrogens with zero attached hydrogens (tertiary/aromatic N) is 5. The number of nitrogens with two attached hydrogens (primary N) is 1. The first-order chi connectivity index (χ1) is 12.5. The van der Waals surface area contributed by atoms with Crippen molar-refractivity contribution in [1.29, 1.82) is 0 Å². The van der Waals surface area contributed by atoms with Gasteiger partial charge in [0.2, 0.25) is 5.95 Å². The fraction of sp³-hybridized carbons (Fsp3) is 0.222. The molecule has 8 heteroatoms. The summed E-state index contributed by atoms with van der Waals surface area (Å²) in [5.74, 6) is -0.168. The van der Waals surface area contributed by atoms with E-state index in [0.29, 0.717) is 24.1 Å². The smallest absolute Gasteiger partial charge is 0.220 e. The first kappa shape index (κ1) is 16.2. The molecule has 0 saturated heterocycles. The number of hydrogen-bond acceptors (Lipinski definition) is 6. The number of hydrogen-bond donors (Lipinski definition) is 2. The largest absolute Gasteiger partial charge is 0.411 e. The standard InChI is InChI=1S/C18H17FN6O/c1-25-9-11(7-22-25)14-6-12(19)2-3-13(14)10-4-16-15(17(5-10)24-26)8-21-18(20)23-16/h2-3,6-10,26H,4-5H2,1H3,(H2,20,21,23). The van der Waals surface area contributed by atoms with Crippen molar-refractivity contribution < 1.29 is 9.60 Å². The van der Waals surface area contributed by atoms with Crippen molar-refractivity contribution in [3.8, 4) is 11.1 Å². The molecule has 0 spiro atoms. The lowest BCUT2D eigenvalue weighted by atomic mass is 9.79. The first-order valence-electron chi connectivity index (χ1n) is 8.16. The molecule has 1 aliphatic rings. The molecule has 3 aromatic rings. The highest BCUT2D eigenvalue weighted by Crippen LogP contribution is 2.37. The van der Waals surface area contributed by atoms with Gasteiger partial charge in [0.05, 0.1) is 17.6 Å². The summed E-state index contributed by atoms with van der Waals surface area (Å²) in [6.07, 6.45) is 6.22. The van der Waals surface area contributed by atoms with E-state index in [2.05, 4.69) is 20.2 Å². The minimum absolute atomic E-state index is 0.0292. The summed E-state index contributed by atoms with van der Waals surface area (Å²) in [6.45, 7) is 0. The fourth-order valence-corrected chi connectivity index (χ4v) is 3.49. The van der Waals surface area contributed by atoms with E-state index in [9.17, 15) is 9.60 Å². The molecule has 0 radical (unpaired) electrons. The van der Waals surface area contributed by atoms with Crippen LogP contribution < -0.4 is 5.73 Å². The molecule has 132 valence electrons. The number of fused-ring (bicyclic) bond motifs is 1. The summed E-state index contributed by atoms with van der Waals surface area (Å²) in [6, 6.07) is 4.72. The number of nitrogen functional groups attached to an aromatic ring is 1. The SMILES string of the molecule is Cn1cc(-c2cc(F)ccc2C2CC(=NO)c3cnc(N)nc3C2)cn1. The van der Waals surface area contributed by atoms with E-state index < -0.39 is 0 Å². The number of aryl methyl sites for hydroxylation is 1. The van der Waals surface area contributed by atoms with Gasteiger partial charge in [0.15, 0.2) is 0 Å². The predicted octanol–water partition coefficient (Wildman–Crippen LogP) is 2.51. The van der Waals surface area contributed by atoms with Crippen molar-refractivity contribution in [2.24, 2.45) is 12.2 Å². The Bertz CT molecular complexity index is 1010. The van der Waals surface area contributed by atoms with Crippen molar-refractivity contribution in [3.05, 3.63) is 59.4 Å². The molecule has 3 N–H and O–H groups in total. The number of rotatable bonds is 2. The first-order valence-corrected chi connectivity index (χ1v) is 8.16. The van der Waals surface area contributed by atoms with E-state index in [0.717, 1.165) is 22.4 Å². The van der Waals surface area contributed by atoms with Crippen LogP contribution in [0.25, 0.3) is 11.1 Å². The highest BCUT2D eigenvalue weighted by molar-refractivity contribution is 6.02. The molecule has 2 heterocycles. The van der Waals surface area contributed by atoms with Crippen LogP contribution in [0.4, 0.5) is 10.3 Å². The van der Waals surface area contributed by atoms with E-state index in [4.69, 9.17) is 5.73 Å². The summed E-state index contributed by atoms with van der Waals surface area (Å²) < 4.78 is 15.6. The predicted molar refractivity (Wildman–Crippen MR) is 94.4 cm³/mol. The van der Waals surface area contributed by atoms with Gasteiger partial charge in [-0.25, -0.2) is 14.4 Å². The Balaban J connectivity index is 1.81. The number of anilines is 1. The maximum absolute atomic E-state index is 13.9. The molecule has 1 aliphatic carbocycles. The summed E-state index contributed by atoms with van der Waals surface area (Å²) in [7, 11) is 1.82. The summed E-state index contributed by atoms with van der Waals surface area (Å²) >= 11 is 0. The zero-order valence-corrected chi connectivity index (χ0v) is 14.1. The molecular weight excluding hydrogens is 335 g/mol. The fourth-order valence-electron chi connectivity index (χ4n) is 3.49.